The van der Waals surface area contributed by atoms with Crippen LogP contribution >= 0.6 is 0 Å². The summed E-state index contributed by atoms with van der Waals surface area (Å²) >= 11 is 0. The normalized spacial score (nSPS) is 15.6. The summed E-state index contributed by atoms with van der Waals surface area (Å²) < 4.78 is 8.18. The van der Waals surface area contributed by atoms with Crippen molar-refractivity contribution in [1.29, 1.82) is 0 Å². The second-order valence-electron chi connectivity index (χ2n) is 8.36. The highest BCUT2D eigenvalue weighted by Gasteiger charge is 2.39. The summed E-state index contributed by atoms with van der Waals surface area (Å²) in [5.74, 6) is -0.901. The first-order valence-corrected chi connectivity index (χ1v) is 11.4. The molecule has 2 heterocycles. The Balaban J connectivity index is 1.66. The summed E-state index contributed by atoms with van der Waals surface area (Å²) in [5.41, 5.74) is 1.82. The number of fused-ring (bicyclic) bond motifs is 1. The highest BCUT2D eigenvalue weighted by molar-refractivity contribution is 6.10. The van der Waals surface area contributed by atoms with Crippen LogP contribution in [0.25, 0.3) is 16.6 Å². The van der Waals surface area contributed by atoms with Gasteiger partial charge in [0, 0.05) is 24.2 Å². The third-order valence-electron chi connectivity index (χ3n) is 6.22. The molecule has 0 aliphatic carbocycles. The van der Waals surface area contributed by atoms with Crippen molar-refractivity contribution in [2.24, 2.45) is 0 Å². The van der Waals surface area contributed by atoms with E-state index in [9.17, 15) is 24.6 Å². The van der Waals surface area contributed by atoms with Gasteiger partial charge in [0.05, 0.1) is 12.1 Å². The summed E-state index contributed by atoms with van der Waals surface area (Å²) in [6.07, 6.45) is -1.33. The number of para-hydroxylation sites is 3. The zero-order valence-corrected chi connectivity index (χ0v) is 19.2. The minimum atomic E-state index is -1.36. The number of aliphatic carboxylic acids is 1. The lowest BCUT2D eigenvalue weighted by atomic mass is 10.1. The number of benzene rings is 3. The zero-order valence-electron chi connectivity index (χ0n) is 19.2. The molecule has 0 radical (unpaired) electrons. The predicted molar refractivity (Wildman–Crippen MR) is 132 cm³/mol. The number of carbonyl (C=O) groups excluding carboxylic acids is 1. The van der Waals surface area contributed by atoms with Crippen LogP contribution in [-0.2, 0) is 4.79 Å². The van der Waals surface area contributed by atoms with Gasteiger partial charge < -0.3 is 19.8 Å². The lowest BCUT2D eigenvalue weighted by Crippen LogP contribution is -2.59. The smallest absolute Gasteiger partial charge is 0.408 e. The number of hydrogen-bond donors (Lipinski definition) is 2. The maximum atomic E-state index is 14.0. The summed E-state index contributed by atoms with van der Waals surface area (Å²) in [6, 6.07) is 24.6. The van der Waals surface area contributed by atoms with E-state index >= 15 is 0 Å². The molecular formula is C27H23N3O6. The van der Waals surface area contributed by atoms with Crippen LogP contribution in [0.1, 0.15) is 10.4 Å². The number of aromatic nitrogens is 1. The van der Waals surface area contributed by atoms with Gasteiger partial charge in [0.1, 0.15) is 17.4 Å². The van der Waals surface area contributed by atoms with Gasteiger partial charge in [-0.15, -0.1) is 0 Å². The molecule has 1 fully saturated rings. The van der Waals surface area contributed by atoms with E-state index in [2.05, 4.69) is 0 Å². The Labute approximate surface area is 206 Å². The van der Waals surface area contributed by atoms with Crippen molar-refractivity contribution in [3.63, 3.8) is 0 Å². The van der Waals surface area contributed by atoms with Crippen molar-refractivity contribution >= 4 is 28.9 Å². The van der Waals surface area contributed by atoms with E-state index in [1.807, 2.05) is 77.4 Å². The van der Waals surface area contributed by atoms with Crippen LogP contribution in [0.3, 0.4) is 0 Å². The zero-order chi connectivity index (χ0) is 25.2. The van der Waals surface area contributed by atoms with Gasteiger partial charge in [-0.05, 0) is 30.3 Å². The largest absolute Gasteiger partial charge is 0.480 e. The number of rotatable bonds is 5. The van der Waals surface area contributed by atoms with Crippen LogP contribution in [-0.4, -0.2) is 68.2 Å². The van der Waals surface area contributed by atoms with Crippen molar-refractivity contribution in [3.05, 3.63) is 90.5 Å². The third kappa shape index (κ3) is 4.11. The molecule has 9 nitrogen and oxygen atoms in total. The number of hydrogen-bond acceptors (Lipinski definition) is 4. The highest BCUT2D eigenvalue weighted by Crippen LogP contribution is 2.38. The Morgan fingerprint density at radius 1 is 0.806 bits per heavy atom. The fourth-order valence-corrected chi connectivity index (χ4v) is 4.52. The molecule has 2 amide bonds. The molecule has 0 saturated carbocycles. The number of ether oxygens (including phenoxy) is 1. The number of carbonyl (C=O) groups is 3. The number of amides is 2. The lowest BCUT2D eigenvalue weighted by molar-refractivity contribution is -0.144. The van der Waals surface area contributed by atoms with Crippen molar-refractivity contribution < 1.29 is 29.3 Å². The lowest BCUT2D eigenvalue weighted by Gasteiger charge is -2.37. The SMILES string of the molecule is O=C(O)C1CN(C(=O)c2c(Oc3ccccc3)n(-c3ccccc3)c3ccccc23)CCN1C(=O)O. The van der Waals surface area contributed by atoms with Gasteiger partial charge in [-0.2, -0.15) is 0 Å². The van der Waals surface area contributed by atoms with Gasteiger partial charge in [0.25, 0.3) is 5.91 Å². The summed E-state index contributed by atoms with van der Waals surface area (Å²) in [6.45, 7) is -0.315. The molecule has 1 aliphatic rings. The minimum absolute atomic E-state index is 0.0601. The second-order valence-corrected chi connectivity index (χ2v) is 8.36. The molecule has 1 saturated heterocycles. The van der Waals surface area contributed by atoms with E-state index in [0.717, 1.165) is 16.1 Å². The van der Waals surface area contributed by atoms with Gasteiger partial charge in [0.15, 0.2) is 0 Å². The second kappa shape index (κ2) is 9.46. The van der Waals surface area contributed by atoms with E-state index in [-0.39, 0.29) is 25.2 Å². The van der Waals surface area contributed by atoms with Crippen molar-refractivity contribution in [2.75, 3.05) is 19.6 Å². The van der Waals surface area contributed by atoms with Crippen LogP contribution < -0.4 is 4.74 Å². The third-order valence-corrected chi connectivity index (χ3v) is 6.22. The van der Waals surface area contributed by atoms with E-state index in [1.165, 1.54) is 4.90 Å². The van der Waals surface area contributed by atoms with E-state index in [1.54, 1.807) is 12.1 Å². The molecule has 1 aliphatic heterocycles. The Bertz CT molecular complexity index is 1430. The predicted octanol–water partition coefficient (Wildman–Crippen LogP) is 4.31. The Morgan fingerprint density at radius 2 is 1.44 bits per heavy atom. The first-order chi connectivity index (χ1) is 17.5. The Kier molecular flexibility index (Phi) is 6.03. The van der Waals surface area contributed by atoms with Gasteiger partial charge in [-0.25, -0.2) is 9.59 Å². The standard InChI is InChI=1S/C27H23N3O6/c31-24(28-15-16-29(27(34)35)22(17-28)26(32)33)23-20-13-7-8-14-21(20)30(18-9-3-1-4-10-18)25(23)36-19-11-5-2-6-12-19/h1-14,22H,15-17H2,(H,32,33)(H,34,35). The highest BCUT2D eigenvalue weighted by atomic mass is 16.5. The maximum absolute atomic E-state index is 14.0. The van der Waals surface area contributed by atoms with Crippen molar-refractivity contribution in [2.45, 2.75) is 6.04 Å². The number of piperazine rings is 1. The monoisotopic (exact) mass is 485 g/mol. The molecule has 4 aromatic rings. The fourth-order valence-electron chi connectivity index (χ4n) is 4.52. The molecule has 36 heavy (non-hydrogen) atoms. The molecule has 3 aromatic carbocycles. The molecule has 0 bridgehead atoms. The van der Waals surface area contributed by atoms with Gasteiger partial charge >= 0.3 is 12.1 Å². The molecule has 2 N–H and O–H groups in total. The van der Waals surface area contributed by atoms with Crippen molar-refractivity contribution in [3.8, 4) is 17.3 Å². The maximum Gasteiger partial charge on any atom is 0.408 e. The molecular weight excluding hydrogens is 462 g/mol. The Morgan fingerprint density at radius 3 is 2.11 bits per heavy atom. The summed E-state index contributed by atoms with van der Waals surface area (Å²) in [7, 11) is 0. The fraction of sp³-hybridized carbons (Fsp3) is 0.148. The van der Waals surface area contributed by atoms with Crippen molar-refractivity contribution in [1.82, 2.24) is 14.4 Å². The number of carboxylic acids is 1. The van der Waals surface area contributed by atoms with Crippen LogP contribution in [0.2, 0.25) is 0 Å². The van der Waals surface area contributed by atoms with E-state index in [4.69, 9.17) is 4.74 Å². The van der Waals surface area contributed by atoms with Gasteiger partial charge in [0.2, 0.25) is 5.88 Å². The van der Waals surface area contributed by atoms with Gasteiger partial charge in [-0.3, -0.25) is 14.3 Å². The number of carboxylic acid groups (broad SMARTS) is 2. The quantitative estimate of drug-likeness (QED) is 0.436. The van der Waals surface area contributed by atoms with Gasteiger partial charge in [-0.1, -0.05) is 54.6 Å². The van der Waals surface area contributed by atoms with Crippen LogP contribution in [0, 0.1) is 0 Å². The average Bonchev–Trinajstić information content (AvgIpc) is 3.22. The van der Waals surface area contributed by atoms with Crippen LogP contribution in [0.15, 0.2) is 84.9 Å². The summed E-state index contributed by atoms with van der Waals surface area (Å²) in [5, 5.41) is 19.7. The molecule has 9 heteroatoms. The molecule has 1 unspecified atom stereocenters. The van der Waals surface area contributed by atoms with E-state index in [0.29, 0.717) is 17.0 Å². The first kappa shape index (κ1) is 23.0. The average molecular weight is 485 g/mol. The minimum Gasteiger partial charge on any atom is -0.480 e. The topological polar surface area (TPSA) is 112 Å². The Hall–Kier alpha value is -4.79. The molecule has 0 spiro atoms. The van der Waals surface area contributed by atoms with E-state index < -0.39 is 24.0 Å². The number of nitrogens with zero attached hydrogens (tertiary/aromatic N) is 3. The first-order valence-electron chi connectivity index (χ1n) is 11.4. The molecule has 1 atom stereocenters. The van der Waals surface area contributed by atoms with Crippen LogP contribution in [0.5, 0.6) is 11.6 Å². The summed E-state index contributed by atoms with van der Waals surface area (Å²) in [4.78, 5) is 39.6. The molecule has 5 rings (SSSR count). The van der Waals surface area contributed by atoms with Crippen LogP contribution in [0.4, 0.5) is 4.79 Å². The molecule has 1 aromatic heterocycles. The molecule has 182 valence electrons.